The van der Waals surface area contributed by atoms with E-state index in [1.807, 2.05) is 0 Å². The molecule has 5 nitrogen and oxygen atoms in total. The molecule has 1 amide bonds. The topological polar surface area (TPSA) is 66.5 Å². The number of amides is 1. The molecule has 3 aromatic carbocycles. The molecule has 0 fully saturated rings. The zero-order valence-corrected chi connectivity index (χ0v) is 18.2. The smallest absolute Gasteiger partial charge is 0.348 e. The van der Waals surface area contributed by atoms with Gasteiger partial charge in [-0.2, -0.15) is 13.2 Å². The molecule has 3 aromatic rings. The molecule has 1 N–H and O–H groups in total. The Kier molecular flexibility index (Phi) is 7.06. The van der Waals surface area contributed by atoms with E-state index in [4.69, 9.17) is 0 Å². The number of sulfonamides is 1. The monoisotopic (exact) mass is 480 g/mol. The first-order valence-electron chi connectivity index (χ1n) is 9.78. The molecular formula is C23H20F4N2O3S. The molecule has 10 heteroatoms. The van der Waals surface area contributed by atoms with Gasteiger partial charge in [0.1, 0.15) is 12.4 Å². The molecule has 3 rings (SSSR count). The number of alkyl halides is 3. The van der Waals surface area contributed by atoms with E-state index in [9.17, 15) is 30.8 Å². The van der Waals surface area contributed by atoms with Crippen LogP contribution in [0.15, 0.2) is 83.8 Å². The average molecular weight is 480 g/mol. The summed E-state index contributed by atoms with van der Waals surface area (Å²) in [6.45, 7) is 0.857. The van der Waals surface area contributed by atoms with Gasteiger partial charge in [0.25, 0.3) is 10.0 Å². The summed E-state index contributed by atoms with van der Waals surface area (Å²) in [6.07, 6.45) is -4.70. The second-order valence-corrected chi connectivity index (χ2v) is 9.08. The molecule has 174 valence electrons. The molecule has 0 bridgehead atoms. The van der Waals surface area contributed by atoms with Crippen LogP contribution in [0.5, 0.6) is 0 Å². The number of hydrogen-bond acceptors (Lipinski definition) is 3. The van der Waals surface area contributed by atoms with E-state index in [2.05, 4.69) is 5.32 Å². The summed E-state index contributed by atoms with van der Waals surface area (Å²) < 4.78 is 79.9. The summed E-state index contributed by atoms with van der Waals surface area (Å²) in [6, 6.07) is 15.6. The third kappa shape index (κ3) is 5.89. The third-order valence-corrected chi connectivity index (χ3v) is 6.62. The van der Waals surface area contributed by atoms with Gasteiger partial charge in [-0.1, -0.05) is 36.4 Å². The lowest BCUT2D eigenvalue weighted by atomic mass is 10.1. The molecule has 0 radical (unpaired) electrons. The van der Waals surface area contributed by atoms with Crippen LogP contribution in [0.25, 0.3) is 0 Å². The van der Waals surface area contributed by atoms with Crippen molar-refractivity contribution in [2.24, 2.45) is 0 Å². The van der Waals surface area contributed by atoms with Gasteiger partial charge in [0.15, 0.2) is 0 Å². The number of rotatable bonds is 7. The Morgan fingerprint density at radius 2 is 1.61 bits per heavy atom. The van der Waals surface area contributed by atoms with Crippen molar-refractivity contribution in [2.45, 2.75) is 24.0 Å². The van der Waals surface area contributed by atoms with Gasteiger partial charge < -0.3 is 5.32 Å². The van der Waals surface area contributed by atoms with Crippen LogP contribution in [0, 0.1) is 5.82 Å². The van der Waals surface area contributed by atoms with E-state index in [1.165, 1.54) is 54.6 Å². The summed E-state index contributed by atoms with van der Waals surface area (Å²) in [5, 5.41) is 2.59. The van der Waals surface area contributed by atoms with Crippen molar-refractivity contribution in [3.63, 3.8) is 0 Å². The normalized spacial score (nSPS) is 12.8. The van der Waals surface area contributed by atoms with E-state index in [0.29, 0.717) is 15.9 Å². The zero-order valence-electron chi connectivity index (χ0n) is 17.4. The summed E-state index contributed by atoms with van der Waals surface area (Å²) in [5.74, 6) is -1.20. The summed E-state index contributed by atoms with van der Waals surface area (Å²) >= 11 is 0. The van der Waals surface area contributed by atoms with Crippen molar-refractivity contribution >= 4 is 21.6 Å². The van der Waals surface area contributed by atoms with Gasteiger partial charge >= 0.3 is 6.18 Å². The number of anilines is 1. The minimum absolute atomic E-state index is 0.179. The Morgan fingerprint density at radius 3 is 2.21 bits per heavy atom. The fourth-order valence-corrected chi connectivity index (χ4v) is 4.56. The van der Waals surface area contributed by atoms with E-state index < -0.39 is 46.1 Å². The Hall–Kier alpha value is -3.40. The van der Waals surface area contributed by atoms with Gasteiger partial charge in [-0.3, -0.25) is 9.10 Å². The van der Waals surface area contributed by atoms with Crippen LogP contribution in [0.2, 0.25) is 0 Å². The molecule has 0 aliphatic heterocycles. The van der Waals surface area contributed by atoms with Crippen molar-refractivity contribution in [3.8, 4) is 0 Å². The van der Waals surface area contributed by atoms with E-state index in [0.717, 1.165) is 12.1 Å². The van der Waals surface area contributed by atoms with Crippen LogP contribution in [0.4, 0.5) is 23.2 Å². The van der Waals surface area contributed by atoms with Gasteiger partial charge in [-0.25, -0.2) is 12.8 Å². The molecule has 0 heterocycles. The van der Waals surface area contributed by atoms with Crippen molar-refractivity contribution in [1.82, 2.24) is 5.32 Å². The first kappa shape index (κ1) is 24.2. The maximum atomic E-state index is 13.2. The fourth-order valence-electron chi connectivity index (χ4n) is 3.12. The molecule has 0 saturated carbocycles. The second-order valence-electron chi connectivity index (χ2n) is 7.21. The quantitative estimate of drug-likeness (QED) is 0.489. The number of carbonyl (C=O) groups excluding carboxylic acids is 1. The maximum Gasteiger partial charge on any atom is 0.416 e. The first-order valence-corrected chi connectivity index (χ1v) is 11.2. The van der Waals surface area contributed by atoms with Gasteiger partial charge in [0.2, 0.25) is 5.91 Å². The minimum Gasteiger partial charge on any atom is -0.348 e. The summed E-state index contributed by atoms with van der Waals surface area (Å²) in [4.78, 5) is 12.5. The molecule has 1 unspecified atom stereocenters. The SMILES string of the molecule is CC(NC(=O)CN(c1cccc(C(F)(F)F)c1)S(=O)(=O)c1ccccc1)c1ccc(F)cc1. The Labute approximate surface area is 188 Å². The lowest BCUT2D eigenvalue weighted by Crippen LogP contribution is -2.41. The third-order valence-electron chi connectivity index (χ3n) is 4.83. The highest BCUT2D eigenvalue weighted by atomic mass is 32.2. The molecule has 1 atom stereocenters. The predicted molar refractivity (Wildman–Crippen MR) is 115 cm³/mol. The lowest BCUT2D eigenvalue weighted by Gasteiger charge is -2.25. The molecule has 0 aliphatic carbocycles. The standard InChI is InChI=1S/C23H20F4N2O3S/c1-16(17-10-12-19(24)13-11-17)28-22(30)15-29(33(31,32)21-8-3-2-4-9-21)20-7-5-6-18(14-20)23(25,26)27/h2-14,16H,15H2,1H3,(H,28,30). The van der Waals surface area contributed by atoms with Crippen molar-refractivity contribution in [3.05, 3.63) is 95.8 Å². The van der Waals surface area contributed by atoms with Gasteiger partial charge in [-0.05, 0) is 55.0 Å². The average Bonchev–Trinajstić information content (AvgIpc) is 2.78. The van der Waals surface area contributed by atoms with Gasteiger partial charge in [0, 0.05) is 0 Å². The van der Waals surface area contributed by atoms with Crippen molar-refractivity contribution < 1.29 is 30.8 Å². The molecule has 0 saturated heterocycles. The van der Waals surface area contributed by atoms with Crippen molar-refractivity contribution in [2.75, 3.05) is 10.8 Å². The molecule has 0 aromatic heterocycles. The highest BCUT2D eigenvalue weighted by Gasteiger charge is 2.33. The van der Waals surface area contributed by atoms with Crippen LogP contribution in [-0.4, -0.2) is 20.9 Å². The van der Waals surface area contributed by atoms with Gasteiger partial charge in [-0.15, -0.1) is 0 Å². The second kappa shape index (κ2) is 9.62. The summed E-state index contributed by atoms with van der Waals surface area (Å²) in [5.41, 5.74) is -0.784. The number of halogens is 4. The van der Waals surface area contributed by atoms with Crippen LogP contribution in [-0.2, 0) is 21.0 Å². The first-order chi connectivity index (χ1) is 15.5. The molecule has 0 aliphatic rings. The molecular weight excluding hydrogens is 460 g/mol. The van der Waals surface area contributed by atoms with E-state index in [1.54, 1.807) is 13.0 Å². The van der Waals surface area contributed by atoms with Gasteiger partial charge in [0.05, 0.1) is 22.2 Å². The van der Waals surface area contributed by atoms with E-state index in [-0.39, 0.29) is 10.6 Å². The van der Waals surface area contributed by atoms with Crippen LogP contribution < -0.4 is 9.62 Å². The zero-order chi connectivity index (χ0) is 24.2. The van der Waals surface area contributed by atoms with Crippen LogP contribution in [0.1, 0.15) is 24.1 Å². The lowest BCUT2D eigenvalue weighted by molar-refractivity contribution is -0.137. The highest BCUT2D eigenvalue weighted by molar-refractivity contribution is 7.92. The summed E-state index contributed by atoms with van der Waals surface area (Å²) in [7, 11) is -4.36. The molecule has 0 spiro atoms. The number of benzene rings is 3. The predicted octanol–water partition coefficient (Wildman–Crippen LogP) is 4.92. The van der Waals surface area contributed by atoms with Crippen LogP contribution in [0.3, 0.4) is 0 Å². The minimum atomic E-state index is -4.70. The Balaban J connectivity index is 1.94. The Bertz CT molecular complexity index is 1210. The number of nitrogens with one attached hydrogen (secondary N) is 1. The fraction of sp³-hybridized carbons (Fsp3) is 0.174. The maximum absolute atomic E-state index is 13.2. The molecule has 33 heavy (non-hydrogen) atoms. The highest BCUT2D eigenvalue weighted by Crippen LogP contribution is 2.33. The number of nitrogens with zero attached hydrogens (tertiary/aromatic N) is 1. The Morgan fingerprint density at radius 1 is 0.970 bits per heavy atom. The van der Waals surface area contributed by atoms with E-state index >= 15 is 0 Å². The van der Waals surface area contributed by atoms with Crippen molar-refractivity contribution in [1.29, 1.82) is 0 Å². The number of carbonyl (C=O) groups is 1. The van der Waals surface area contributed by atoms with Crippen LogP contribution >= 0.6 is 0 Å². The number of hydrogen-bond donors (Lipinski definition) is 1. The largest absolute Gasteiger partial charge is 0.416 e.